The molecule has 5 atom stereocenters. The number of aromatic nitrogens is 1. The molecule has 0 bridgehead atoms. The average Bonchev–Trinajstić information content (AvgIpc) is 3.42. The van der Waals surface area contributed by atoms with E-state index in [4.69, 9.17) is 4.42 Å². The zero-order valence-electron chi connectivity index (χ0n) is 20.6. The van der Waals surface area contributed by atoms with Gasteiger partial charge >= 0.3 is 0 Å². The summed E-state index contributed by atoms with van der Waals surface area (Å²) in [6.45, 7) is 9.41. The Balaban J connectivity index is 1.50. The summed E-state index contributed by atoms with van der Waals surface area (Å²) in [5.41, 5.74) is 2.27. The number of hydrogen-bond donors (Lipinski definition) is 1. The molecule has 0 saturated heterocycles. The summed E-state index contributed by atoms with van der Waals surface area (Å²) in [5.74, 6) is 0.900. The fourth-order valence-electron chi connectivity index (χ4n) is 5.83. The normalized spacial score (nSPS) is 28.1. The van der Waals surface area contributed by atoms with Crippen molar-refractivity contribution in [1.82, 2.24) is 14.8 Å². The van der Waals surface area contributed by atoms with E-state index in [0.29, 0.717) is 36.2 Å². The minimum Gasteiger partial charge on any atom is -0.463 e. The van der Waals surface area contributed by atoms with Gasteiger partial charge in [0.25, 0.3) is 5.91 Å². The van der Waals surface area contributed by atoms with Crippen molar-refractivity contribution in [3.63, 3.8) is 0 Å². The predicted molar refractivity (Wildman–Crippen MR) is 133 cm³/mol. The van der Waals surface area contributed by atoms with Crippen LogP contribution in [-0.2, 0) is 11.3 Å². The minimum absolute atomic E-state index is 0.0666. The Bertz CT molecular complexity index is 1200. The highest BCUT2D eigenvalue weighted by Gasteiger charge is 2.49. The summed E-state index contributed by atoms with van der Waals surface area (Å²) in [5, 5.41) is 3.37. The maximum absolute atomic E-state index is 14.0. The first kappa shape index (κ1) is 22.8. The van der Waals surface area contributed by atoms with Crippen molar-refractivity contribution in [2.45, 2.75) is 71.0 Å². The maximum atomic E-state index is 14.0. The average molecular weight is 462 g/mol. The maximum Gasteiger partial charge on any atom is 0.271 e. The summed E-state index contributed by atoms with van der Waals surface area (Å²) >= 11 is 0. The number of nitrogens with zero attached hydrogens (tertiary/aromatic N) is 2. The van der Waals surface area contributed by atoms with Crippen molar-refractivity contribution in [3.8, 4) is 0 Å². The van der Waals surface area contributed by atoms with Gasteiger partial charge in [0.05, 0.1) is 18.3 Å². The van der Waals surface area contributed by atoms with E-state index in [1.165, 1.54) is 6.42 Å². The van der Waals surface area contributed by atoms with Crippen LogP contribution in [0.4, 0.5) is 0 Å². The molecular formula is C28H35N3O3. The molecule has 1 aliphatic heterocycles. The van der Waals surface area contributed by atoms with Gasteiger partial charge in [-0.3, -0.25) is 9.59 Å². The quantitative estimate of drug-likeness (QED) is 0.568. The van der Waals surface area contributed by atoms with E-state index >= 15 is 0 Å². The van der Waals surface area contributed by atoms with Gasteiger partial charge < -0.3 is 19.2 Å². The van der Waals surface area contributed by atoms with Crippen molar-refractivity contribution in [1.29, 1.82) is 0 Å². The molecule has 1 N–H and O–H groups in total. The van der Waals surface area contributed by atoms with Gasteiger partial charge in [0.15, 0.2) is 5.58 Å². The Hall–Kier alpha value is -3.02. The predicted octanol–water partition coefficient (Wildman–Crippen LogP) is 5.19. The lowest BCUT2D eigenvalue weighted by molar-refractivity contribution is -0.134. The van der Waals surface area contributed by atoms with Crippen LogP contribution in [0.25, 0.3) is 11.1 Å². The van der Waals surface area contributed by atoms with E-state index in [2.05, 4.69) is 38.2 Å². The van der Waals surface area contributed by atoms with Crippen LogP contribution in [0.2, 0.25) is 0 Å². The van der Waals surface area contributed by atoms with Crippen LogP contribution in [0.1, 0.15) is 68.9 Å². The Kier molecular flexibility index (Phi) is 5.78. The van der Waals surface area contributed by atoms with Gasteiger partial charge in [-0.1, -0.05) is 63.9 Å². The number of rotatable bonds is 5. The number of hydrogen-bond acceptors (Lipinski definition) is 3. The number of carbonyl (C=O) groups is 2. The molecule has 5 rings (SSSR count). The first-order chi connectivity index (χ1) is 16.3. The zero-order valence-corrected chi connectivity index (χ0v) is 20.6. The van der Waals surface area contributed by atoms with E-state index in [-0.39, 0.29) is 23.8 Å². The number of amides is 2. The lowest BCUT2D eigenvalue weighted by atomic mass is 9.77. The van der Waals surface area contributed by atoms with Crippen LogP contribution in [0.5, 0.6) is 0 Å². The third kappa shape index (κ3) is 3.73. The van der Waals surface area contributed by atoms with Crippen molar-refractivity contribution < 1.29 is 14.0 Å². The molecule has 2 aliphatic rings. The molecular weight excluding hydrogens is 426 g/mol. The third-order valence-electron chi connectivity index (χ3n) is 8.39. The fraction of sp³-hybridized carbons (Fsp3) is 0.500. The van der Waals surface area contributed by atoms with Crippen LogP contribution >= 0.6 is 0 Å². The van der Waals surface area contributed by atoms with E-state index in [9.17, 15) is 9.59 Å². The molecule has 1 aliphatic carbocycles. The van der Waals surface area contributed by atoms with Crippen LogP contribution < -0.4 is 5.32 Å². The summed E-state index contributed by atoms with van der Waals surface area (Å²) in [4.78, 5) is 29.6. The van der Waals surface area contributed by atoms with Gasteiger partial charge in [0, 0.05) is 24.7 Å². The molecule has 3 heterocycles. The second kappa shape index (κ2) is 8.64. The Labute approximate surface area is 201 Å². The number of nitrogens with one attached hydrogen (secondary N) is 1. The van der Waals surface area contributed by atoms with Gasteiger partial charge in [0.2, 0.25) is 5.91 Å². The van der Waals surface area contributed by atoms with Crippen molar-refractivity contribution >= 4 is 22.9 Å². The summed E-state index contributed by atoms with van der Waals surface area (Å²) < 4.78 is 7.54. The van der Waals surface area contributed by atoms with Crippen LogP contribution in [-0.4, -0.2) is 39.4 Å². The lowest BCUT2D eigenvalue weighted by Gasteiger charge is -2.46. The molecule has 1 saturated carbocycles. The highest BCUT2D eigenvalue weighted by Crippen LogP contribution is 2.36. The molecule has 180 valence electrons. The van der Waals surface area contributed by atoms with Gasteiger partial charge in [-0.15, -0.1) is 0 Å². The number of carbonyl (C=O) groups excluding carboxylic acids is 2. The first-order valence-corrected chi connectivity index (χ1v) is 12.5. The Morgan fingerprint density at radius 3 is 2.74 bits per heavy atom. The second-order valence-corrected chi connectivity index (χ2v) is 10.6. The molecule has 0 unspecified atom stereocenters. The summed E-state index contributed by atoms with van der Waals surface area (Å²) in [6, 6.07) is 14.0. The molecule has 3 aromatic rings. The molecule has 2 aromatic heterocycles. The third-order valence-corrected chi connectivity index (χ3v) is 8.39. The molecule has 1 aromatic carbocycles. The van der Waals surface area contributed by atoms with Crippen LogP contribution in [0.15, 0.2) is 53.1 Å². The highest BCUT2D eigenvalue weighted by atomic mass is 16.3. The lowest BCUT2D eigenvalue weighted by Crippen LogP contribution is -2.66. The van der Waals surface area contributed by atoms with Crippen LogP contribution in [0.3, 0.4) is 0 Å². The van der Waals surface area contributed by atoms with Gasteiger partial charge in [0.1, 0.15) is 11.2 Å². The summed E-state index contributed by atoms with van der Waals surface area (Å²) in [6.07, 6.45) is 4.95. The first-order valence-electron chi connectivity index (χ1n) is 12.5. The highest BCUT2D eigenvalue weighted by molar-refractivity contribution is 6.03. The monoisotopic (exact) mass is 461 g/mol. The summed E-state index contributed by atoms with van der Waals surface area (Å²) in [7, 11) is 0. The Morgan fingerprint density at radius 2 is 1.97 bits per heavy atom. The van der Waals surface area contributed by atoms with Gasteiger partial charge in [-0.2, -0.15) is 0 Å². The second-order valence-electron chi connectivity index (χ2n) is 10.6. The van der Waals surface area contributed by atoms with Crippen LogP contribution in [0, 0.1) is 11.8 Å². The van der Waals surface area contributed by atoms with E-state index in [0.717, 1.165) is 23.9 Å². The topological polar surface area (TPSA) is 67.5 Å². The van der Waals surface area contributed by atoms with Gasteiger partial charge in [-0.25, -0.2) is 0 Å². The SMILES string of the molecule is C[C@@H]1[C@H](C)CCC[C@H]1NC(=O)[C@@]1(C)Cn2c(cc3occc32)C(=O)N1C[C@@H](C)c1ccccc1. The molecule has 6 nitrogen and oxygen atoms in total. The van der Waals surface area contributed by atoms with E-state index in [1.807, 2.05) is 35.8 Å². The number of fused-ring (bicyclic) bond motifs is 3. The largest absolute Gasteiger partial charge is 0.463 e. The molecule has 0 spiro atoms. The molecule has 0 radical (unpaired) electrons. The van der Waals surface area contributed by atoms with Crippen molar-refractivity contribution in [2.24, 2.45) is 11.8 Å². The minimum atomic E-state index is -1.00. The molecule has 34 heavy (non-hydrogen) atoms. The standard InChI is InChI=1S/C28H35N3O3/c1-18-9-8-12-22(20(18)3)29-27(33)28(4)17-30-23-13-14-34-25(23)15-24(30)26(32)31(28)16-19(2)21-10-6-5-7-11-21/h5-7,10-11,13-15,18-20,22H,8-9,12,16-17H2,1-4H3,(H,29,33)/t18-,19-,20-,22-,28-/m1/s1. The number of benzene rings is 1. The van der Waals surface area contributed by atoms with Crippen molar-refractivity contribution in [3.05, 3.63) is 60.0 Å². The van der Waals surface area contributed by atoms with Crippen molar-refractivity contribution in [2.75, 3.05) is 6.54 Å². The zero-order chi connectivity index (χ0) is 24.0. The van der Waals surface area contributed by atoms with E-state index in [1.54, 1.807) is 17.2 Å². The smallest absolute Gasteiger partial charge is 0.271 e. The molecule has 1 fully saturated rings. The van der Waals surface area contributed by atoms with E-state index < -0.39 is 5.54 Å². The molecule has 2 amide bonds. The van der Waals surface area contributed by atoms with Gasteiger partial charge in [-0.05, 0) is 36.7 Å². The fourth-order valence-corrected chi connectivity index (χ4v) is 5.83. The number of furan rings is 1. The molecule has 6 heteroatoms. The Morgan fingerprint density at radius 1 is 1.21 bits per heavy atom.